The van der Waals surface area contributed by atoms with Crippen LogP contribution in [0.1, 0.15) is 25.7 Å². The number of carbonyl (C=O) groups excluding carboxylic acids is 1. The molecule has 6 nitrogen and oxygen atoms in total. The average molecular weight is 356 g/mol. The maximum absolute atomic E-state index is 13.4. The van der Waals surface area contributed by atoms with Crippen molar-refractivity contribution in [3.63, 3.8) is 0 Å². The van der Waals surface area contributed by atoms with E-state index in [4.69, 9.17) is 11.6 Å². The molecule has 9 heteroatoms. The first-order chi connectivity index (χ1) is 11.4. The lowest BCUT2D eigenvalue weighted by Crippen LogP contribution is -2.43. The summed E-state index contributed by atoms with van der Waals surface area (Å²) in [5, 5.41) is 15.0. The van der Waals surface area contributed by atoms with Gasteiger partial charge in [0.25, 0.3) is 0 Å². The van der Waals surface area contributed by atoms with Crippen LogP contribution in [-0.2, 0) is 11.3 Å². The number of hydrogen-bond acceptors (Lipinski definition) is 4. The zero-order valence-electron chi connectivity index (χ0n) is 12.8. The number of nitrogens with zero attached hydrogens (tertiary/aromatic N) is 4. The van der Waals surface area contributed by atoms with Crippen LogP contribution >= 0.6 is 11.6 Å². The van der Waals surface area contributed by atoms with Gasteiger partial charge in [-0.25, -0.2) is 8.78 Å². The molecule has 2 aromatic rings. The van der Waals surface area contributed by atoms with Crippen molar-refractivity contribution in [3.8, 4) is 11.4 Å². The third kappa shape index (κ3) is 4.25. The zero-order chi connectivity index (χ0) is 17.2. The van der Waals surface area contributed by atoms with Gasteiger partial charge >= 0.3 is 0 Å². The molecule has 1 N–H and O–H groups in total. The first-order valence-electron chi connectivity index (χ1n) is 7.62. The molecule has 0 spiro atoms. The van der Waals surface area contributed by atoms with Crippen LogP contribution in [-0.4, -0.2) is 38.1 Å². The summed E-state index contributed by atoms with van der Waals surface area (Å²) < 4.78 is 26.7. The van der Waals surface area contributed by atoms with E-state index >= 15 is 0 Å². The maximum Gasteiger partial charge on any atom is 0.250 e. The predicted octanol–water partition coefficient (Wildman–Crippen LogP) is 2.69. The molecule has 1 heterocycles. The average Bonchev–Trinajstić information content (AvgIpc) is 2.95. The van der Waals surface area contributed by atoms with E-state index in [9.17, 15) is 13.6 Å². The van der Waals surface area contributed by atoms with Gasteiger partial charge in [0.05, 0.1) is 0 Å². The summed E-state index contributed by atoms with van der Waals surface area (Å²) in [4.78, 5) is 13.1. The number of rotatable bonds is 4. The van der Waals surface area contributed by atoms with E-state index in [1.165, 1.54) is 0 Å². The van der Waals surface area contributed by atoms with Crippen molar-refractivity contribution in [2.24, 2.45) is 0 Å². The molecule has 24 heavy (non-hydrogen) atoms. The number of alkyl halides is 2. The third-order valence-corrected chi connectivity index (χ3v) is 4.10. The summed E-state index contributed by atoms with van der Waals surface area (Å²) in [6.45, 7) is -0.164. The lowest BCUT2D eigenvalue weighted by molar-refractivity contribution is -0.124. The molecule has 1 saturated carbocycles. The Morgan fingerprint density at radius 1 is 1.38 bits per heavy atom. The number of amides is 1. The lowest BCUT2D eigenvalue weighted by atomic mass is 9.92. The largest absolute Gasteiger partial charge is 0.351 e. The predicted molar refractivity (Wildman–Crippen MR) is 83.6 cm³/mol. The number of hydrogen-bond donors (Lipinski definition) is 1. The molecule has 0 saturated heterocycles. The third-order valence-electron chi connectivity index (χ3n) is 3.85. The van der Waals surface area contributed by atoms with Crippen molar-refractivity contribution in [3.05, 3.63) is 29.3 Å². The van der Waals surface area contributed by atoms with E-state index in [2.05, 4.69) is 20.7 Å². The van der Waals surface area contributed by atoms with Crippen molar-refractivity contribution < 1.29 is 13.6 Å². The minimum absolute atomic E-state index is 0.117. The summed E-state index contributed by atoms with van der Waals surface area (Å²) in [5.41, 5.74) is 0.720. The SMILES string of the molecule is O=C(Cn1nnc(-c2ccc(Cl)cc2)n1)NC1CCCC(F)(F)C1. The Hall–Kier alpha value is -2.09. The van der Waals surface area contributed by atoms with Crippen molar-refractivity contribution in [2.45, 2.75) is 44.2 Å². The van der Waals surface area contributed by atoms with Gasteiger partial charge in [0.15, 0.2) is 0 Å². The second-order valence-electron chi connectivity index (χ2n) is 5.87. The van der Waals surface area contributed by atoms with Crippen LogP contribution < -0.4 is 5.32 Å². The molecule has 0 radical (unpaired) electrons. The highest BCUT2D eigenvalue weighted by atomic mass is 35.5. The van der Waals surface area contributed by atoms with Crippen molar-refractivity contribution in [1.29, 1.82) is 0 Å². The Labute approximate surface area is 142 Å². The van der Waals surface area contributed by atoms with Gasteiger partial charge in [0.2, 0.25) is 17.7 Å². The number of nitrogens with one attached hydrogen (secondary N) is 1. The molecule has 128 valence electrons. The summed E-state index contributed by atoms with van der Waals surface area (Å²) in [5.74, 6) is -2.75. The van der Waals surface area contributed by atoms with Crippen LogP contribution in [0.15, 0.2) is 24.3 Å². The molecule has 1 unspecified atom stereocenters. The molecule has 1 amide bonds. The number of carbonyl (C=O) groups is 1. The van der Waals surface area contributed by atoms with Crippen molar-refractivity contribution >= 4 is 17.5 Å². The van der Waals surface area contributed by atoms with Gasteiger partial charge < -0.3 is 5.32 Å². The maximum atomic E-state index is 13.4. The number of tetrazole rings is 1. The van der Waals surface area contributed by atoms with Crippen LogP contribution in [0.25, 0.3) is 11.4 Å². The number of aromatic nitrogens is 4. The first-order valence-corrected chi connectivity index (χ1v) is 8.00. The highest BCUT2D eigenvalue weighted by Crippen LogP contribution is 2.33. The molecule has 1 aliphatic carbocycles. The Morgan fingerprint density at radius 2 is 2.12 bits per heavy atom. The number of halogens is 3. The highest BCUT2D eigenvalue weighted by Gasteiger charge is 2.36. The van der Waals surface area contributed by atoms with Gasteiger partial charge in [-0.3, -0.25) is 4.79 Å². The Bertz CT molecular complexity index is 719. The first kappa shape index (κ1) is 16.8. The molecular formula is C15H16ClF2N5O. The van der Waals surface area contributed by atoms with Crippen molar-refractivity contribution in [1.82, 2.24) is 25.5 Å². The van der Waals surface area contributed by atoms with Gasteiger partial charge in [-0.05, 0) is 42.3 Å². The fourth-order valence-corrected chi connectivity index (χ4v) is 2.85. The molecule has 1 aromatic carbocycles. The monoisotopic (exact) mass is 355 g/mol. The van der Waals surface area contributed by atoms with Crippen molar-refractivity contribution in [2.75, 3.05) is 0 Å². The normalized spacial score (nSPS) is 19.9. The standard InChI is InChI=1S/C15H16ClF2N5O/c16-11-5-3-10(4-6-11)14-20-22-23(21-14)9-13(24)19-12-2-1-7-15(17,18)8-12/h3-6,12H,1-2,7-9H2,(H,19,24). The topological polar surface area (TPSA) is 72.7 Å². The molecule has 1 fully saturated rings. The molecular weight excluding hydrogens is 340 g/mol. The smallest absolute Gasteiger partial charge is 0.250 e. The molecule has 1 atom stereocenters. The summed E-state index contributed by atoms with van der Waals surface area (Å²) >= 11 is 5.82. The van der Waals surface area contributed by atoms with Gasteiger partial charge in [-0.1, -0.05) is 11.6 Å². The van der Waals surface area contributed by atoms with Gasteiger partial charge in [0, 0.05) is 29.5 Å². The molecule has 1 aliphatic rings. The van der Waals surface area contributed by atoms with E-state index in [1.807, 2.05) is 0 Å². The van der Waals surface area contributed by atoms with Crippen LogP contribution in [0, 0.1) is 0 Å². The Balaban J connectivity index is 1.58. The van der Waals surface area contributed by atoms with E-state index in [0.717, 1.165) is 10.4 Å². The number of benzene rings is 1. The molecule has 3 rings (SSSR count). The van der Waals surface area contributed by atoms with Gasteiger partial charge in [0.1, 0.15) is 6.54 Å². The fourth-order valence-electron chi connectivity index (χ4n) is 2.72. The second-order valence-corrected chi connectivity index (χ2v) is 6.30. The summed E-state index contributed by atoms with van der Waals surface area (Å²) in [7, 11) is 0. The highest BCUT2D eigenvalue weighted by molar-refractivity contribution is 6.30. The van der Waals surface area contributed by atoms with Crippen LogP contribution in [0.5, 0.6) is 0 Å². The zero-order valence-corrected chi connectivity index (χ0v) is 13.5. The van der Waals surface area contributed by atoms with Crippen LogP contribution in [0.2, 0.25) is 5.02 Å². The quantitative estimate of drug-likeness (QED) is 0.915. The minimum atomic E-state index is -2.70. The van der Waals surface area contributed by atoms with E-state index < -0.39 is 17.9 Å². The fraction of sp³-hybridized carbons (Fsp3) is 0.467. The second kappa shape index (κ2) is 6.80. The molecule has 0 bridgehead atoms. The van der Waals surface area contributed by atoms with Crippen LogP contribution in [0.3, 0.4) is 0 Å². The van der Waals surface area contributed by atoms with Gasteiger partial charge in [-0.15, -0.1) is 10.2 Å². The van der Waals surface area contributed by atoms with E-state index in [-0.39, 0.29) is 19.4 Å². The lowest BCUT2D eigenvalue weighted by Gasteiger charge is -2.29. The molecule has 0 aliphatic heterocycles. The van der Waals surface area contributed by atoms with E-state index in [0.29, 0.717) is 23.7 Å². The van der Waals surface area contributed by atoms with Gasteiger partial charge in [-0.2, -0.15) is 4.80 Å². The summed E-state index contributed by atoms with van der Waals surface area (Å²) in [6.07, 6.45) is 0.524. The molecule has 1 aromatic heterocycles. The van der Waals surface area contributed by atoms with E-state index in [1.54, 1.807) is 24.3 Å². The Morgan fingerprint density at radius 3 is 2.83 bits per heavy atom. The Kier molecular flexibility index (Phi) is 4.75. The summed E-state index contributed by atoms with van der Waals surface area (Å²) in [6, 6.07) is 6.38. The van der Waals surface area contributed by atoms with Crippen LogP contribution in [0.4, 0.5) is 8.78 Å². The minimum Gasteiger partial charge on any atom is -0.351 e.